The third-order valence-corrected chi connectivity index (χ3v) is 6.84. The highest BCUT2D eigenvalue weighted by molar-refractivity contribution is 6.00. The van der Waals surface area contributed by atoms with Gasteiger partial charge in [0.25, 0.3) is 0 Å². The number of methoxy groups -OCH3 is 1. The second kappa shape index (κ2) is 7.84. The Bertz CT molecular complexity index is 1130. The van der Waals surface area contributed by atoms with Crippen LogP contribution < -0.4 is 10.6 Å². The van der Waals surface area contributed by atoms with E-state index in [4.69, 9.17) is 4.74 Å². The molecule has 1 fully saturated rings. The summed E-state index contributed by atoms with van der Waals surface area (Å²) >= 11 is 0. The molecule has 2 aliphatic rings. The Morgan fingerprint density at radius 1 is 1.29 bits per heavy atom. The minimum Gasteiger partial charge on any atom is -0.390 e. The summed E-state index contributed by atoms with van der Waals surface area (Å²) in [5.74, 6) is -0.0812. The van der Waals surface area contributed by atoms with Crippen LogP contribution in [0.25, 0.3) is 5.65 Å². The second-order valence-corrected chi connectivity index (χ2v) is 8.68. The Balaban J connectivity index is 1.53. The third-order valence-electron chi connectivity index (χ3n) is 6.84. The van der Waals surface area contributed by atoms with Gasteiger partial charge in [-0.2, -0.15) is 0 Å². The third kappa shape index (κ3) is 3.47. The number of nitrogens with one attached hydrogen (secondary N) is 2. The SMILES string of the molecule is CO[C@H](C)c1ccc2nc(C(=O)C3N[C@@]4(CCNC[C@H]4O)Cc4ccccc43)cn2c1. The number of carbonyl (C=O) groups is 1. The quantitative estimate of drug-likeness (QED) is 0.561. The van der Waals surface area contributed by atoms with E-state index in [1.54, 1.807) is 13.3 Å². The molecular weight excluding hydrogens is 392 g/mol. The summed E-state index contributed by atoms with van der Waals surface area (Å²) in [5.41, 5.74) is 3.71. The Morgan fingerprint density at radius 3 is 2.94 bits per heavy atom. The topological polar surface area (TPSA) is 87.9 Å². The molecule has 4 heterocycles. The maximum absolute atomic E-state index is 13.7. The van der Waals surface area contributed by atoms with Crippen molar-refractivity contribution in [1.82, 2.24) is 20.0 Å². The summed E-state index contributed by atoms with van der Waals surface area (Å²) in [6.07, 6.45) is 4.60. The van der Waals surface area contributed by atoms with Gasteiger partial charge in [-0.3, -0.25) is 10.1 Å². The number of hydrogen-bond donors (Lipinski definition) is 3. The Hall–Kier alpha value is -2.58. The molecule has 1 spiro atoms. The van der Waals surface area contributed by atoms with Gasteiger partial charge in [0.15, 0.2) is 0 Å². The molecular formula is C24H28N4O3. The van der Waals surface area contributed by atoms with Gasteiger partial charge in [-0.15, -0.1) is 0 Å². The highest BCUT2D eigenvalue weighted by atomic mass is 16.5. The van der Waals surface area contributed by atoms with Gasteiger partial charge >= 0.3 is 0 Å². The van der Waals surface area contributed by atoms with Crippen molar-refractivity contribution in [2.75, 3.05) is 20.2 Å². The number of piperidine rings is 1. The Kier molecular flexibility index (Phi) is 5.14. The van der Waals surface area contributed by atoms with Gasteiger partial charge in [0.2, 0.25) is 5.78 Å². The molecule has 1 saturated heterocycles. The van der Waals surface area contributed by atoms with Gasteiger partial charge in [0.1, 0.15) is 11.3 Å². The van der Waals surface area contributed by atoms with E-state index in [1.807, 2.05) is 47.9 Å². The van der Waals surface area contributed by atoms with E-state index in [-0.39, 0.29) is 11.9 Å². The van der Waals surface area contributed by atoms with Gasteiger partial charge in [-0.25, -0.2) is 4.98 Å². The van der Waals surface area contributed by atoms with Crippen molar-refractivity contribution in [1.29, 1.82) is 0 Å². The molecule has 7 nitrogen and oxygen atoms in total. The number of nitrogens with zero attached hydrogens (tertiary/aromatic N) is 2. The van der Waals surface area contributed by atoms with Crippen LogP contribution in [0.15, 0.2) is 48.8 Å². The first-order chi connectivity index (χ1) is 15.0. The molecule has 0 radical (unpaired) electrons. The van der Waals surface area contributed by atoms with E-state index in [9.17, 15) is 9.90 Å². The number of aliphatic hydroxyl groups excluding tert-OH is 1. The molecule has 3 aromatic rings. The van der Waals surface area contributed by atoms with Gasteiger partial charge in [-0.05, 0) is 49.1 Å². The number of hydrogen-bond acceptors (Lipinski definition) is 6. The summed E-state index contributed by atoms with van der Waals surface area (Å²) in [6.45, 7) is 3.31. The molecule has 0 bridgehead atoms. The van der Waals surface area contributed by atoms with Crippen LogP contribution in [-0.2, 0) is 11.2 Å². The lowest BCUT2D eigenvalue weighted by Gasteiger charge is -2.48. The number of rotatable bonds is 4. The van der Waals surface area contributed by atoms with Crippen LogP contribution in [-0.4, -0.2) is 52.1 Å². The molecule has 7 heteroatoms. The summed E-state index contributed by atoms with van der Waals surface area (Å²) < 4.78 is 7.28. The molecule has 1 unspecified atom stereocenters. The lowest BCUT2D eigenvalue weighted by molar-refractivity contribution is 0.0210. The van der Waals surface area contributed by atoms with Crippen molar-refractivity contribution >= 4 is 11.4 Å². The van der Waals surface area contributed by atoms with Crippen molar-refractivity contribution in [2.24, 2.45) is 0 Å². The van der Waals surface area contributed by atoms with Gasteiger partial charge in [-0.1, -0.05) is 30.3 Å². The van der Waals surface area contributed by atoms with E-state index in [2.05, 4.69) is 21.7 Å². The number of β-amino-alcohol motifs (C(OH)–C–C–N with tert-alkyl or cyclic N) is 1. The van der Waals surface area contributed by atoms with Crippen LogP contribution in [0.4, 0.5) is 0 Å². The fraction of sp³-hybridized carbons (Fsp3) is 0.417. The largest absolute Gasteiger partial charge is 0.390 e. The predicted molar refractivity (Wildman–Crippen MR) is 117 cm³/mol. The van der Waals surface area contributed by atoms with E-state index in [1.165, 1.54) is 0 Å². The van der Waals surface area contributed by atoms with E-state index in [0.717, 1.165) is 35.3 Å². The van der Waals surface area contributed by atoms with Crippen molar-refractivity contribution in [3.8, 4) is 0 Å². The van der Waals surface area contributed by atoms with Crippen LogP contribution in [0.1, 0.15) is 52.7 Å². The number of pyridine rings is 1. The minimum absolute atomic E-state index is 0.0425. The monoisotopic (exact) mass is 420 g/mol. The molecule has 0 aliphatic carbocycles. The average Bonchev–Trinajstić information content (AvgIpc) is 3.23. The zero-order valence-electron chi connectivity index (χ0n) is 17.8. The van der Waals surface area contributed by atoms with Crippen LogP contribution in [0.2, 0.25) is 0 Å². The molecule has 0 amide bonds. The van der Waals surface area contributed by atoms with Crippen LogP contribution in [0.3, 0.4) is 0 Å². The number of imidazole rings is 1. The highest BCUT2D eigenvalue weighted by Crippen LogP contribution is 2.36. The normalized spacial score (nSPS) is 26.7. The first kappa shape index (κ1) is 20.3. The van der Waals surface area contributed by atoms with E-state index >= 15 is 0 Å². The molecule has 0 saturated carbocycles. The molecule has 4 atom stereocenters. The number of benzene rings is 1. The molecule has 31 heavy (non-hydrogen) atoms. The fourth-order valence-corrected chi connectivity index (χ4v) is 4.88. The Labute approximate surface area is 181 Å². The molecule has 2 aromatic heterocycles. The van der Waals surface area contributed by atoms with Crippen LogP contribution in [0, 0.1) is 0 Å². The zero-order chi connectivity index (χ0) is 21.6. The summed E-state index contributed by atoms with van der Waals surface area (Å²) in [6, 6.07) is 11.4. The molecule has 2 aliphatic heterocycles. The Morgan fingerprint density at radius 2 is 2.13 bits per heavy atom. The number of ketones is 1. The maximum atomic E-state index is 13.7. The summed E-state index contributed by atoms with van der Waals surface area (Å²) in [4.78, 5) is 18.3. The van der Waals surface area contributed by atoms with Crippen molar-refractivity contribution in [3.63, 3.8) is 0 Å². The number of ether oxygens (including phenoxy) is 1. The first-order valence-corrected chi connectivity index (χ1v) is 10.8. The number of carbonyl (C=O) groups excluding carboxylic acids is 1. The average molecular weight is 421 g/mol. The smallest absolute Gasteiger partial charge is 0.204 e. The van der Waals surface area contributed by atoms with Gasteiger partial charge < -0.3 is 19.6 Å². The minimum atomic E-state index is -0.566. The second-order valence-electron chi connectivity index (χ2n) is 8.68. The van der Waals surface area contributed by atoms with Crippen molar-refractivity contribution in [2.45, 2.75) is 43.6 Å². The first-order valence-electron chi connectivity index (χ1n) is 10.8. The summed E-state index contributed by atoms with van der Waals surface area (Å²) in [5, 5.41) is 17.6. The number of aromatic nitrogens is 2. The number of Topliss-reactive ketones (excluding diaryl/α,β-unsaturated/α-hetero) is 1. The van der Waals surface area contributed by atoms with Crippen molar-refractivity contribution in [3.05, 3.63) is 71.2 Å². The standard InChI is InChI=1S/C24H28N4O3/c1-15(31-2)17-7-8-21-26-19(14-28(21)13-17)23(30)22-18-6-4-3-5-16(18)11-24(27-22)9-10-25-12-20(24)29/h3-8,13-15,20,22,25,27,29H,9-12H2,1-2H3/t15-,20-,22?,24+/m1/s1. The zero-order valence-corrected chi connectivity index (χ0v) is 17.8. The molecule has 162 valence electrons. The molecule has 5 rings (SSSR count). The summed E-state index contributed by atoms with van der Waals surface area (Å²) in [7, 11) is 1.68. The maximum Gasteiger partial charge on any atom is 0.204 e. The lowest BCUT2D eigenvalue weighted by Crippen LogP contribution is -2.66. The van der Waals surface area contributed by atoms with E-state index in [0.29, 0.717) is 18.7 Å². The number of fused-ring (bicyclic) bond motifs is 2. The molecule has 1 aromatic carbocycles. The molecule has 3 N–H and O–H groups in total. The number of aliphatic hydroxyl groups is 1. The van der Waals surface area contributed by atoms with Gasteiger partial charge in [0.05, 0.1) is 23.8 Å². The van der Waals surface area contributed by atoms with Crippen molar-refractivity contribution < 1.29 is 14.6 Å². The highest BCUT2D eigenvalue weighted by Gasteiger charge is 2.47. The van der Waals surface area contributed by atoms with Gasteiger partial charge in [0, 0.05) is 26.0 Å². The fourth-order valence-electron chi connectivity index (χ4n) is 4.88. The predicted octanol–water partition coefficient (Wildman–Crippen LogP) is 2.20. The lowest BCUT2D eigenvalue weighted by atomic mass is 9.73. The van der Waals surface area contributed by atoms with E-state index < -0.39 is 17.7 Å². The van der Waals surface area contributed by atoms with Crippen LogP contribution >= 0.6 is 0 Å². The van der Waals surface area contributed by atoms with Crippen LogP contribution in [0.5, 0.6) is 0 Å².